The molecular formula is C15H13F3IN. The number of hydrogen-bond donors (Lipinski definition) is 1. The zero-order valence-electron chi connectivity index (χ0n) is 10.7. The van der Waals surface area contributed by atoms with Crippen molar-refractivity contribution in [3.05, 3.63) is 68.8 Å². The number of nitrogens with one attached hydrogen (secondary N) is 1. The first kappa shape index (κ1) is 15.3. The van der Waals surface area contributed by atoms with Crippen molar-refractivity contribution in [3.63, 3.8) is 0 Å². The van der Waals surface area contributed by atoms with E-state index in [0.717, 1.165) is 15.2 Å². The van der Waals surface area contributed by atoms with E-state index in [1.165, 1.54) is 12.1 Å². The molecule has 0 aliphatic carbocycles. The Bertz CT molecular complexity index is 578. The second-order valence-corrected chi connectivity index (χ2v) is 5.64. The van der Waals surface area contributed by atoms with E-state index in [9.17, 15) is 13.2 Å². The third-order valence-electron chi connectivity index (χ3n) is 3.04. The average Bonchev–Trinajstić information content (AvgIpc) is 2.41. The summed E-state index contributed by atoms with van der Waals surface area (Å²) in [4.78, 5) is 0. The highest BCUT2D eigenvalue weighted by molar-refractivity contribution is 14.1. The van der Waals surface area contributed by atoms with Crippen LogP contribution in [0.5, 0.6) is 0 Å². The number of rotatable bonds is 3. The first-order valence-corrected chi connectivity index (χ1v) is 7.09. The summed E-state index contributed by atoms with van der Waals surface area (Å²) in [5, 5.41) is 3.06. The Morgan fingerprint density at radius 2 is 1.65 bits per heavy atom. The van der Waals surface area contributed by atoms with Crippen molar-refractivity contribution in [2.75, 3.05) is 7.05 Å². The van der Waals surface area contributed by atoms with E-state index in [-0.39, 0.29) is 6.04 Å². The lowest BCUT2D eigenvalue weighted by atomic mass is 9.97. The van der Waals surface area contributed by atoms with Crippen LogP contribution in [0.4, 0.5) is 13.2 Å². The summed E-state index contributed by atoms with van der Waals surface area (Å²) in [6, 6.07) is 12.9. The summed E-state index contributed by atoms with van der Waals surface area (Å²) < 4.78 is 39.4. The van der Waals surface area contributed by atoms with Crippen LogP contribution in [-0.4, -0.2) is 7.05 Å². The maximum atomic E-state index is 12.8. The van der Waals surface area contributed by atoms with Gasteiger partial charge in [0.1, 0.15) is 0 Å². The van der Waals surface area contributed by atoms with Gasteiger partial charge in [-0.3, -0.25) is 0 Å². The van der Waals surface area contributed by atoms with Gasteiger partial charge in [0.25, 0.3) is 0 Å². The monoisotopic (exact) mass is 391 g/mol. The normalized spacial score (nSPS) is 13.2. The van der Waals surface area contributed by atoms with Crippen LogP contribution >= 0.6 is 22.6 Å². The van der Waals surface area contributed by atoms with Crippen molar-refractivity contribution in [2.45, 2.75) is 12.2 Å². The molecule has 0 bridgehead atoms. The molecule has 0 spiro atoms. The van der Waals surface area contributed by atoms with Crippen LogP contribution in [0.15, 0.2) is 48.5 Å². The lowest BCUT2D eigenvalue weighted by Gasteiger charge is -2.19. The van der Waals surface area contributed by atoms with Crippen molar-refractivity contribution >= 4 is 22.6 Å². The third-order valence-corrected chi connectivity index (χ3v) is 3.76. The van der Waals surface area contributed by atoms with Gasteiger partial charge in [0.05, 0.1) is 11.6 Å². The molecule has 0 aromatic heterocycles. The second kappa shape index (κ2) is 6.13. The average molecular weight is 391 g/mol. The molecule has 0 aliphatic heterocycles. The van der Waals surface area contributed by atoms with Crippen molar-refractivity contribution < 1.29 is 13.2 Å². The molecule has 0 aliphatic rings. The molecule has 1 nitrogen and oxygen atoms in total. The van der Waals surface area contributed by atoms with E-state index in [0.29, 0.717) is 5.56 Å². The summed E-state index contributed by atoms with van der Waals surface area (Å²) in [6.45, 7) is 0. The predicted molar refractivity (Wildman–Crippen MR) is 81.5 cm³/mol. The van der Waals surface area contributed by atoms with Gasteiger partial charge in [-0.15, -0.1) is 0 Å². The van der Waals surface area contributed by atoms with Crippen LogP contribution in [0.1, 0.15) is 22.7 Å². The third kappa shape index (κ3) is 3.52. The highest BCUT2D eigenvalue weighted by atomic mass is 127. The van der Waals surface area contributed by atoms with Gasteiger partial charge in [0.2, 0.25) is 0 Å². The molecule has 0 saturated carbocycles. The van der Waals surface area contributed by atoms with Crippen LogP contribution in [0.3, 0.4) is 0 Å². The molecule has 1 atom stereocenters. The van der Waals surface area contributed by atoms with Crippen molar-refractivity contribution in [2.24, 2.45) is 0 Å². The molecule has 1 N–H and O–H groups in total. The maximum Gasteiger partial charge on any atom is 0.416 e. The van der Waals surface area contributed by atoms with E-state index < -0.39 is 11.7 Å². The van der Waals surface area contributed by atoms with Crippen LogP contribution < -0.4 is 5.32 Å². The Morgan fingerprint density at radius 3 is 2.20 bits per heavy atom. The van der Waals surface area contributed by atoms with Crippen molar-refractivity contribution in [1.82, 2.24) is 5.32 Å². The van der Waals surface area contributed by atoms with E-state index in [4.69, 9.17) is 0 Å². The minimum absolute atomic E-state index is 0.255. The SMILES string of the molecule is CNC(c1ccc(I)cc1)c1cccc(C(F)(F)F)c1. The Morgan fingerprint density at radius 1 is 1.00 bits per heavy atom. The zero-order valence-corrected chi connectivity index (χ0v) is 12.9. The molecule has 5 heteroatoms. The molecule has 0 amide bonds. The molecule has 1 unspecified atom stereocenters. The van der Waals surface area contributed by atoms with E-state index in [1.54, 1.807) is 13.1 Å². The van der Waals surface area contributed by atoms with Gasteiger partial charge in [-0.1, -0.05) is 24.3 Å². The quantitative estimate of drug-likeness (QED) is 0.754. The fourth-order valence-corrected chi connectivity index (χ4v) is 2.44. The van der Waals surface area contributed by atoms with Gasteiger partial charge in [0, 0.05) is 3.57 Å². The molecular weight excluding hydrogens is 378 g/mol. The van der Waals surface area contributed by atoms with Crippen LogP contribution in [-0.2, 0) is 6.18 Å². The molecule has 2 rings (SSSR count). The molecule has 0 saturated heterocycles. The molecule has 2 aromatic rings. The number of alkyl halides is 3. The first-order chi connectivity index (χ1) is 9.41. The Balaban J connectivity index is 2.39. The van der Waals surface area contributed by atoms with Gasteiger partial charge >= 0.3 is 6.18 Å². The smallest absolute Gasteiger partial charge is 0.309 e. The summed E-state index contributed by atoms with van der Waals surface area (Å²) in [5.74, 6) is 0. The number of benzene rings is 2. The molecule has 0 heterocycles. The standard InChI is InChI=1S/C15H13F3IN/c1-20-14(10-5-7-13(19)8-6-10)11-3-2-4-12(9-11)15(16,17)18/h2-9,14,20H,1H3. The Kier molecular flexibility index (Phi) is 4.70. The highest BCUT2D eigenvalue weighted by Gasteiger charge is 2.31. The fraction of sp³-hybridized carbons (Fsp3) is 0.200. The summed E-state index contributed by atoms with van der Waals surface area (Å²) in [5.41, 5.74) is 0.913. The van der Waals surface area contributed by atoms with Gasteiger partial charge in [0.15, 0.2) is 0 Å². The molecule has 106 valence electrons. The zero-order chi connectivity index (χ0) is 14.8. The first-order valence-electron chi connectivity index (χ1n) is 6.01. The Labute approximate surface area is 129 Å². The minimum Gasteiger partial charge on any atom is -0.309 e. The summed E-state index contributed by atoms with van der Waals surface area (Å²) >= 11 is 2.19. The number of hydrogen-bond acceptors (Lipinski definition) is 1. The topological polar surface area (TPSA) is 12.0 Å². The van der Waals surface area contributed by atoms with Crippen LogP contribution in [0.25, 0.3) is 0 Å². The highest BCUT2D eigenvalue weighted by Crippen LogP contribution is 2.32. The summed E-state index contributed by atoms with van der Waals surface area (Å²) in [7, 11) is 1.74. The number of halogens is 4. The Hall–Kier alpha value is -1.08. The summed E-state index contributed by atoms with van der Waals surface area (Å²) in [6.07, 6.45) is -4.32. The van der Waals surface area contributed by atoms with E-state index >= 15 is 0 Å². The van der Waals surface area contributed by atoms with Gasteiger partial charge in [-0.2, -0.15) is 13.2 Å². The largest absolute Gasteiger partial charge is 0.416 e. The van der Waals surface area contributed by atoms with E-state index in [1.807, 2.05) is 24.3 Å². The van der Waals surface area contributed by atoms with Crippen molar-refractivity contribution in [3.8, 4) is 0 Å². The van der Waals surface area contributed by atoms with Gasteiger partial charge in [-0.05, 0) is 65.0 Å². The van der Waals surface area contributed by atoms with Crippen molar-refractivity contribution in [1.29, 1.82) is 0 Å². The lowest BCUT2D eigenvalue weighted by Crippen LogP contribution is -2.18. The lowest BCUT2D eigenvalue weighted by molar-refractivity contribution is -0.137. The second-order valence-electron chi connectivity index (χ2n) is 4.40. The van der Waals surface area contributed by atoms with Crippen LogP contribution in [0, 0.1) is 3.57 Å². The molecule has 0 fully saturated rings. The van der Waals surface area contributed by atoms with Crippen LogP contribution in [0.2, 0.25) is 0 Å². The predicted octanol–water partition coefficient (Wildman–Crippen LogP) is 4.62. The fourth-order valence-electron chi connectivity index (χ4n) is 2.08. The maximum absolute atomic E-state index is 12.8. The van der Waals surface area contributed by atoms with Gasteiger partial charge in [-0.25, -0.2) is 0 Å². The van der Waals surface area contributed by atoms with Gasteiger partial charge < -0.3 is 5.32 Å². The molecule has 0 radical (unpaired) electrons. The molecule has 2 aromatic carbocycles. The minimum atomic E-state index is -4.32. The molecule has 20 heavy (non-hydrogen) atoms. The van der Waals surface area contributed by atoms with E-state index in [2.05, 4.69) is 27.9 Å².